The fraction of sp³-hybridized carbons (Fsp3) is 0.526. The van der Waals surface area contributed by atoms with E-state index < -0.39 is 8.80 Å². The molecule has 0 saturated carbocycles. The molecule has 0 aliphatic rings. The Balaban J connectivity index is 0. The summed E-state index contributed by atoms with van der Waals surface area (Å²) in [6.07, 6.45) is 0. The average molecular weight is 428 g/mol. The van der Waals surface area contributed by atoms with E-state index in [1.165, 1.54) is 21.6 Å². The van der Waals surface area contributed by atoms with E-state index >= 15 is 0 Å². The van der Waals surface area contributed by atoms with E-state index in [9.17, 15) is 0 Å². The first-order chi connectivity index (χ1) is 10.7. The van der Waals surface area contributed by atoms with E-state index in [-0.39, 0.29) is 26.6 Å². The Hall–Kier alpha value is -0.545. The van der Waals surface area contributed by atoms with Crippen molar-refractivity contribution in [2.75, 3.05) is 33.5 Å². The molecule has 0 aromatic heterocycles. The van der Waals surface area contributed by atoms with Gasteiger partial charge < -0.3 is 16.0 Å². The normalized spacial score (nSPS) is 10.2. The molecule has 3 nitrogen and oxygen atoms in total. The van der Waals surface area contributed by atoms with Crippen LogP contribution in [-0.2, 0) is 21.1 Å². The second kappa shape index (κ2) is 12.8. The van der Waals surface area contributed by atoms with Crippen LogP contribution in [-0.4, -0.2) is 42.5 Å². The minimum atomic E-state index is -0.437. The Bertz CT molecular complexity index is 557. The van der Waals surface area contributed by atoms with Crippen molar-refractivity contribution >= 4 is 30.4 Å². The average Bonchev–Trinajstić information content (AvgIpc) is 2.78. The number of hydrogen-bond acceptors (Lipinski definition) is 1. The molecule has 0 atom stereocenters. The molecule has 0 amide bonds. The van der Waals surface area contributed by atoms with Gasteiger partial charge in [-0.1, -0.05) is 24.8 Å². The van der Waals surface area contributed by atoms with Gasteiger partial charge in [0.2, 0.25) is 0 Å². The van der Waals surface area contributed by atoms with E-state index in [1.807, 2.05) is 0 Å². The predicted octanol–water partition coefficient (Wildman–Crippen LogP) is 4.97. The van der Waals surface area contributed by atoms with Gasteiger partial charge in [0.05, 0.1) is 8.80 Å². The van der Waals surface area contributed by atoms with Crippen LogP contribution in [0.5, 0.6) is 0 Å². The summed E-state index contributed by atoms with van der Waals surface area (Å²) in [7, 11) is 6.56. The molecule has 0 fully saturated rings. The summed E-state index contributed by atoms with van der Waals surface area (Å²) < 4.78 is 0. The molecule has 0 unspecified atom stereocenters. The van der Waals surface area contributed by atoms with Crippen molar-refractivity contribution in [1.82, 2.24) is 0 Å². The van der Waals surface area contributed by atoms with Gasteiger partial charge >= 0.3 is 21.1 Å². The third-order valence-electron chi connectivity index (χ3n) is 2.84. The summed E-state index contributed by atoms with van der Waals surface area (Å²) >= 11 is 0. The molecule has 0 heterocycles. The van der Waals surface area contributed by atoms with Crippen molar-refractivity contribution in [3.63, 3.8) is 0 Å². The minimum Gasteiger partial charge on any atom is -0.668 e. The maximum atomic E-state index is 3.68. The SMILES string of the molecule is C[N-]C.C[N-]C.C[Si](C)c1[cH-]c2ccccc2c1NC(C)(C)C.[Mo+3]. The molecule has 134 valence electrons. The third kappa shape index (κ3) is 9.07. The number of anilines is 1. The molecule has 2 radical (unpaired) electrons. The number of nitrogens with zero attached hydrogens (tertiary/aromatic N) is 2. The van der Waals surface area contributed by atoms with Crippen LogP contribution in [0.4, 0.5) is 5.69 Å². The van der Waals surface area contributed by atoms with E-state index in [0.29, 0.717) is 0 Å². The van der Waals surface area contributed by atoms with E-state index in [2.05, 4.69) is 80.1 Å². The summed E-state index contributed by atoms with van der Waals surface area (Å²) in [6.45, 7) is 11.4. The Kier molecular flexibility index (Phi) is 13.7. The maximum absolute atomic E-state index is 3.68. The topological polar surface area (TPSA) is 40.2 Å². The van der Waals surface area contributed by atoms with Gasteiger partial charge in [0.15, 0.2) is 0 Å². The number of fused-ring (bicyclic) bond motifs is 1. The Morgan fingerprint density at radius 1 is 0.958 bits per heavy atom. The minimum absolute atomic E-state index is 0. The van der Waals surface area contributed by atoms with Crippen LogP contribution in [0.2, 0.25) is 13.1 Å². The fourth-order valence-electron chi connectivity index (χ4n) is 2.13. The van der Waals surface area contributed by atoms with Crippen molar-refractivity contribution in [3.05, 3.63) is 41.0 Å². The molecule has 0 aliphatic heterocycles. The van der Waals surface area contributed by atoms with Crippen LogP contribution >= 0.6 is 0 Å². The quantitative estimate of drug-likeness (QED) is 0.534. The van der Waals surface area contributed by atoms with Crippen LogP contribution in [0.1, 0.15) is 20.8 Å². The van der Waals surface area contributed by atoms with Gasteiger partial charge in [-0.3, -0.25) is 0 Å². The fourth-order valence-corrected chi connectivity index (χ4v) is 3.27. The van der Waals surface area contributed by atoms with Gasteiger partial charge in [0.25, 0.3) is 0 Å². The summed E-state index contributed by atoms with van der Waals surface area (Å²) in [5.41, 5.74) is 1.47. The molecular formula is C19H33MoN3Si. The first-order valence-corrected chi connectivity index (χ1v) is 10.4. The van der Waals surface area contributed by atoms with Gasteiger partial charge in [-0.05, 0) is 20.8 Å². The summed E-state index contributed by atoms with van der Waals surface area (Å²) in [5.74, 6) is 0. The van der Waals surface area contributed by atoms with Gasteiger partial charge in [0.1, 0.15) is 0 Å². The van der Waals surface area contributed by atoms with Gasteiger partial charge in [0, 0.05) is 5.54 Å². The maximum Gasteiger partial charge on any atom is 3.00 e. The zero-order valence-corrected chi connectivity index (χ0v) is 19.7. The third-order valence-corrected chi connectivity index (χ3v) is 4.31. The molecule has 1 N–H and O–H groups in total. The van der Waals surface area contributed by atoms with Crippen molar-refractivity contribution in [1.29, 1.82) is 0 Å². The smallest absolute Gasteiger partial charge is 0.668 e. The standard InChI is InChI=1S/C15H21NSi.2C2H6N.Mo/c1-15(2,3)16-14-12-9-7-6-8-11(12)10-13(14)17(4)5;2*1-3-2;/h6-10,16H,1-5H3;2*1-2H3;/q3*-1;+3. The van der Waals surface area contributed by atoms with Gasteiger partial charge in [-0.25, -0.2) is 0 Å². The first kappa shape index (κ1) is 25.7. The van der Waals surface area contributed by atoms with Crippen LogP contribution in [0, 0.1) is 0 Å². The van der Waals surface area contributed by atoms with Gasteiger partial charge in [-0.2, -0.15) is 28.2 Å². The van der Waals surface area contributed by atoms with Crippen molar-refractivity contribution < 1.29 is 21.1 Å². The molecular weight excluding hydrogens is 394 g/mol. The monoisotopic (exact) mass is 429 g/mol. The van der Waals surface area contributed by atoms with E-state index in [4.69, 9.17) is 0 Å². The van der Waals surface area contributed by atoms with Crippen LogP contribution in [0.25, 0.3) is 21.4 Å². The van der Waals surface area contributed by atoms with E-state index in [1.54, 1.807) is 28.2 Å². The van der Waals surface area contributed by atoms with Gasteiger partial charge in [-0.15, -0.1) is 40.2 Å². The molecule has 24 heavy (non-hydrogen) atoms. The molecule has 0 aliphatic carbocycles. The Morgan fingerprint density at radius 3 is 1.83 bits per heavy atom. The Morgan fingerprint density at radius 2 is 1.42 bits per heavy atom. The first-order valence-electron chi connectivity index (χ1n) is 7.94. The number of nitrogens with one attached hydrogen (secondary N) is 1. The summed E-state index contributed by atoms with van der Waals surface area (Å²) in [5, 5.41) is 14.9. The number of benzene rings is 1. The zero-order chi connectivity index (χ0) is 18.0. The molecule has 0 saturated heterocycles. The molecule has 2 aromatic carbocycles. The summed E-state index contributed by atoms with van der Waals surface area (Å²) in [6, 6.07) is 11.0. The van der Waals surface area contributed by atoms with Crippen LogP contribution < -0.4 is 10.5 Å². The van der Waals surface area contributed by atoms with E-state index in [0.717, 1.165) is 0 Å². The predicted molar refractivity (Wildman–Crippen MR) is 110 cm³/mol. The number of hydrogen-bond donors (Lipinski definition) is 1. The molecule has 2 rings (SSSR count). The largest absolute Gasteiger partial charge is 3.00 e. The van der Waals surface area contributed by atoms with Crippen LogP contribution in [0.3, 0.4) is 0 Å². The van der Waals surface area contributed by atoms with Crippen LogP contribution in [0.15, 0.2) is 30.3 Å². The van der Waals surface area contributed by atoms with Crippen molar-refractivity contribution in [3.8, 4) is 0 Å². The van der Waals surface area contributed by atoms with Crippen molar-refractivity contribution in [2.24, 2.45) is 0 Å². The Labute approximate surface area is 165 Å². The van der Waals surface area contributed by atoms with Crippen molar-refractivity contribution in [2.45, 2.75) is 39.4 Å². The zero-order valence-electron chi connectivity index (χ0n) is 16.7. The number of rotatable bonds is 2. The molecule has 0 spiro atoms. The molecule has 2 aromatic rings. The second-order valence-electron chi connectivity index (χ2n) is 6.79. The molecule has 5 heteroatoms. The molecule has 0 bridgehead atoms. The second-order valence-corrected chi connectivity index (χ2v) is 9.33. The summed E-state index contributed by atoms with van der Waals surface area (Å²) in [4.78, 5) is 0.